The van der Waals surface area contributed by atoms with Gasteiger partial charge in [0.25, 0.3) is 0 Å². The van der Waals surface area contributed by atoms with Gasteiger partial charge in [0, 0.05) is 6.42 Å². The number of hydrogen-bond donors (Lipinski definition) is 2. The average molecular weight is 168 g/mol. The zero-order chi connectivity index (χ0) is 8.86. The summed E-state index contributed by atoms with van der Waals surface area (Å²) in [5, 5.41) is 9.64. The number of nitrogens with two attached hydrogens (primary N) is 1. The molecule has 1 rings (SSSR count). The molecule has 3 heteroatoms. The van der Waals surface area contributed by atoms with Gasteiger partial charge in [0.05, 0.1) is 6.61 Å². The van der Waals surface area contributed by atoms with Gasteiger partial charge in [-0.1, -0.05) is 18.2 Å². The Morgan fingerprint density at radius 3 is 2.75 bits per heavy atom. The molecule has 1 atom stereocenters. The van der Waals surface area contributed by atoms with E-state index >= 15 is 0 Å². The van der Waals surface area contributed by atoms with E-state index in [9.17, 15) is 5.11 Å². The summed E-state index contributed by atoms with van der Waals surface area (Å²) in [4.78, 5) is 0. The van der Waals surface area contributed by atoms with Crippen molar-refractivity contribution in [3.05, 3.63) is 30.7 Å². The van der Waals surface area contributed by atoms with Gasteiger partial charge < -0.3 is 15.6 Å². The van der Waals surface area contributed by atoms with E-state index in [-0.39, 0.29) is 0 Å². The summed E-state index contributed by atoms with van der Waals surface area (Å²) in [7, 11) is 0. The Morgan fingerprint density at radius 2 is 2.17 bits per heavy atom. The molecular formula is C9H14NO2. The molecule has 67 valence electrons. The highest BCUT2D eigenvalue weighted by Crippen LogP contribution is 2.17. The van der Waals surface area contributed by atoms with E-state index in [4.69, 9.17) is 10.5 Å². The van der Waals surface area contributed by atoms with Crippen LogP contribution in [0.5, 0.6) is 0 Å². The van der Waals surface area contributed by atoms with Crippen molar-refractivity contribution in [3.8, 4) is 0 Å². The molecule has 3 nitrogen and oxygen atoms in total. The van der Waals surface area contributed by atoms with Gasteiger partial charge in [-0.15, -0.1) is 0 Å². The monoisotopic (exact) mass is 168 g/mol. The number of hydrogen-bond acceptors (Lipinski definition) is 3. The summed E-state index contributed by atoms with van der Waals surface area (Å²) in [6, 6.07) is 0. The zero-order valence-electron chi connectivity index (χ0n) is 6.94. The predicted molar refractivity (Wildman–Crippen MR) is 47.2 cm³/mol. The van der Waals surface area contributed by atoms with Crippen LogP contribution in [0, 0.1) is 6.42 Å². The molecule has 1 aliphatic rings. The van der Waals surface area contributed by atoms with Gasteiger partial charge in [0.1, 0.15) is 0 Å². The molecule has 1 radical (unpaired) electrons. The number of aliphatic hydroxyl groups is 1. The minimum atomic E-state index is -1.22. The van der Waals surface area contributed by atoms with E-state index in [0.29, 0.717) is 13.2 Å². The first-order chi connectivity index (χ1) is 5.77. The molecule has 1 aliphatic carbocycles. The smallest absolute Gasteiger partial charge is 0.192 e. The van der Waals surface area contributed by atoms with Crippen LogP contribution in [-0.4, -0.2) is 24.0 Å². The lowest BCUT2D eigenvalue weighted by molar-refractivity contribution is -0.139. The van der Waals surface area contributed by atoms with Crippen LogP contribution in [0.25, 0.3) is 0 Å². The fourth-order valence-electron chi connectivity index (χ4n) is 0.922. The molecule has 0 aromatic carbocycles. The molecule has 0 amide bonds. The summed E-state index contributed by atoms with van der Waals surface area (Å²) in [6.07, 6.45) is 9.30. The van der Waals surface area contributed by atoms with Crippen molar-refractivity contribution in [2.45, 2.75) is 12.2 Å². The van der Waals surface area contributed by atoms with Gasteiger partial charge in [-0.05, 0) is 19.0 Å². The second-order valence-electron chi connectivity index (χ2n) is 2.65. The van der Waals surface area contributed by atoms with Crippen LogP contribution in [0.1, 0.15) is 6.42 Å². The summed E-state index contributed by atoms with van der Waals surface area (Å²) in [5.41, 5.74) is 5.28. The van der Waals surface area contributed by atoms with Crippen molar-refractivity contribution in [3.63, 3.8) is 0 Å². The van der Waals surface area contributed by atoms with E-state index in [0.717, 1.165) is 6.42 Å². The van der Waals surface area contributed by atoms with Crippen LogP contribution in [0.15, 0.2) is 24.3 Å². The Hall–Kier alpha value is -0.640. The second kappa shape index (κ2) is 4.40. The number of ether oxygens (including phenoxy) is 1. The Bertz CT molecular complexity index is 189. The van der Waals surface area contributed by atoms with E-state index in [1.807, 2.05) is 6.08 Å². The highest BCUT2D eigenvalue weighted by molar-refractivity contribution is 5.23. The minimum Gasteiger partial charge on any atom is -0.362 e. The third-order valence-corrected chi connectivity index (χ3v) is 1.57. The lowest BCUT2D eigenvalue weighted by atomic mass is 10.1. The summed E-state index contributed by atoms with van der Waals surface area (Å²) in [5.74, 6) is -1.22. The van der Waals surface area contributed by atoms with Crippen molar-refractivity contribution < 1.29 is 9.84 Å². The first kappa shape index (κ1) is 9.45. The SMILES string of the molecule is NCCCOC1(O)[CH]C=CC=C1. The van der Waals surface area contributed by atoms with Gasteiger partial charge in [0.2, 0.25) is 0 Å². The van der Waals surface area contributed by atoms with Gasteiger partial charge in [-0.25, -0.2) is 0 Å². The summed E-state index contributed by atoms with van der Waals surface area (Å²) in [6.45, 7) is 1.05. The van der Waals surface area contributed by atoms with Gasteiger partial charge in [-0.2, -0.15) is 0 Å². The fraction of sp³-hybridized carbons (Fsp3) is 0.444. The van der Waals surface area contributed by atoms with E-state index in [2.05, 4.69) is 0 Å². The maximum absolute atomic E-state index is 9.64. The summed E-state index contributed by atoms with van der Waals surface area (Å²) < 4.78 is 5.19. The Labute approximate surface area is 72.5 Å². The van der Waals surface area contributed by atoms with Crippen LogP contribution < -0.4 is 5.73 Å². The quantitative estimate of drug-likeness (QED) is 0.471. The zero-order valence-corrected chi connectivity index (χ0v) is 6.94. The van der Waals surface area contributed by atoms with Crippen LogP contribution in [-0.2, 0) is 4.74 Å². The first-order valence-corrected chi connectivity index (χ1v) is 4.04. The molecule has 0 bridgehead atoms. The van der Waals surface area contributed by atoms with Crippen molar-refractivity contribution in [2.24, 2.45) is 5.73 Å². The maximum atomic E-state index is 9.64. The van der Waals surface area contributed by atoms with E-state index in [1.54, 1.807) is 24.6 Å². The molecule has 0 aliphatic heterocycles. The average Bonchev–Trinajstić information content (AvgIpc) is 2.06. The fourth-order valence-corrected chi connectivity index (χ4v) is 0.922. The van der Waals surface area contributed by atoms with E-state index < -0.39 is 5.79 Å². The lowest BCUT2D eigenvalue weighted by Crippen LogP contribution is -2.31. The molecule has 0 heterocycles. The van der Waals surface area contributed by atoms with Crippen LogP contribution in [0.2, 0.25) is 0 Å². The van der Waals surface area contributed by atoms with Crippen molar-refractivity contribution >= 4 is 0 Å². The largest absolute Gasteiger partial charge is 0.362 e. The van der Waals surface area contributed by atoms with Gasteiger partial charge >= 0.3 is 0 Å². The molecule has 1 unspecified atom stereocenters. The minimum absolute atomic E-state index is 0.474. The molecule has 0 aromatic rings. The van der Waals surface area contributed by atoms with E-state index in [1.165, 1.54) is 0 Å². The number of allylic oxidation sites excluding steroid dienone is 2. The Balaban J connectivity index is 2.29. The standard InChI is InChI=1S/C9H14NO2/c10-7-4-8-12-9(11)5-2-1-3-6-9/h1-3,5-6,11H,4,7-8,10H2. The molecule has 0 saturated carbocycles. The number of rotatable bonds is 4. The van der Waals surface area contributed by atoms with Crippen molar-refractivity contribution in [1.82, 2.24) is 0 Å². The Kier molecular flexibility index (Phi) is 3.47. The molecular weight excluding hydrogens is 154 g/mol. The molecule has 12 heavy (non-hydrogen) atoms. The third-order valence-electron chi connectivity index (χ3n) is 1.57. The lowest BCUT2D eigenvalue weighted by Gasteiger charge is -2.24. The summed E-state index contributed by atoms with van der Waals surface area (Å²) >= 11 is 0. The van der Waals surface area contributed by atoms with Crippen LogP contribution in [0.4, 0.5) is 0 Å². The van der Waals surface area contributed by atoms with Crippen molar-refractivity contribution in [2.75, 3.05) is 13.2 Å². The molecule has 0 saturated heterocycles. The first-order valence-electron chi connectivity index (χ1n) is 4.04. The molecule has 3 N–H and O–H groups in total. The second-order valence-corrected chi connectivity index (χ2v) is 2.65. The topological polar surface area (TPSA) is 55.5 Å². The van der Waals surface area contributed by atoms with Crippen LogP contribution in [0.3, 0.4) is 0 Å². The molecule has 0 fully saturated rings. The highest BCUT2D eigenvalue weighted by Gasteiger charge is 2.23. The van der Waals surface area contributed by atoms with Crippen LogP contribution >= 0.6 is 0 Å². The normalized spacial score (nSPS) is 27.8. The molecule has 0 spiro atoms. The van der Waals surface area contributed by atoms with Gasteiger partial charge in [0.15, 0.2) is 5.79 Å². The van der Waals surface area contributed by atoms with Crippen molar-refractivity contribution in [1.29, 1.82) is 0 Å². The highest BCUT2D eigenvalue weighted by atomic mass is 16.6. The molecule has 0 aromatic heterocycles. The third kappa shape index (κ3) is 2.77. The van der Waals surface area contributed by atoms with Gasteiger partial charge in [-0.3, -0.25) is 0 Å². The Morgan fingerprint density at radius 1 is 1.33 bits per heavy atom. The maximum Gasteiger partial charge on any atom is 0.192 e. The predicted octanol–water partition coefficient (Wildman–Crippen LogP) is 0.371.